The summed E-state index contributed by atoms with van der Waals surface area (Å²) in [5, 5.41) is 8.62. The number of nitrogens with zero attached hydrogens (tertiary/aromatic N) is 2. The van der Waals surface area contributed by atoms with Crippen molar-refractivity contribution in [2.45, 2.75) is 6.18 Å². The first-order chi connectivity index (χ1) is 12.9. The van der Waals surface area contributed by atoms with E-state index in [9.17, 15) is 18.0 Å². The van der Waals surface area contributed by atoms with Gasteiger partial charge in [-0.2, -0.15) is 18.3 Å². The smallest absolute Gasteiger partial charge is 0.324 e. The number of rotatable bonds is 3. The van der Waals surface area contributed by atoms with Crippen LogP contribution in [0.3, 0.4) is 0 Å². The molecule has 27 heavy (non-hydrogen) atoms. The summed E-state index contributed by atoms with van der Waals surface area (Å²) in [5.41, 5.74) is 0.590. The number of anilines is 1. The minimum atomic E-state index is -4.55. The first kappa shape index (κ1) is 16.9. The Balaban J connectivity index is 1.61. The van der Waals surface area contributed by atoms with Crippen molar-refractivity contribution in [1.82, 2.24) is 14.8 Å². The molecule has 2 N–H and O–H groups in total. The van der Waals surface area contributed by atoms with E-state index in [1.54, 1.807) is 24.3 Å². The Bertz CT molecular complexity index is 1100. The number of fused-ring (bicyclic) bond motifs is 1. The molecule has 0 atom stereocenters. The van der Waals surface area contributed by atoms with Crippen LogP contribution in [0.4, 0.5) is 18.9 Å². The monoisotopic (exact) mass is 370 g/mol. The number of carbonyl (C=O) groups is 1. The summed E-state index contributed by atoms with van der Waals surface area (Å²) in [6.45, 7) is 0. The van der Waals surface area contributed by atoms with Gasteiger partial charge in [0.15, 0.2) is 0 Å². The average Bonchev–Trinajstić information content (AvgIpc) is 3.32. The largest absolute Gasteiger partial charge is 0.417 e. The Labute approximate surface area is 151 Å². The number of halogens is 3. The predicted molar refractivity (Wildman–Crippen MR) is 94.8 cm³/mol. The molecule has 2 heterocycles. The number of alkyl halides is 3. The highest BCUT2D eigenvalue weighted by Crippen LogP contribution is 2.36. The summed E-state index contributed by atoms with van der Waals surface area (Å²) < 4.78 is 41.7. The van der Waals surface area contributed by atoms with E-state index in [1.165, 1.54) is 6.07 Å². The second kappa shape index (κ2) is 6.31. The van der Waals surface area contributed by atoms with Crippen LogP contribution in [0.1, 0.15) is 15.9 Å². The number of aromatic nitrogens is 3. The van der Waals surface area contributed by atoms with Crippen LogP contribution in [-0.2, 0) is 6.18 Å². The van der Waals surface area contributed by atoms with Gasteiger partial charge in [0.1, 0.15) is 0 Å². The van der Waals surface area contributed by atoms with Gasteiger partial charge in [-0.3, -0.25) is 9.89 Å². The molecule has 0 saturated heterocycles. The molecular weight excluding hydrogens is 357 g/mol. The molecular formula is C19H13F3N4O. The van der Waals surface area contributed by atoms with E-state index < -0.39 is 17.6 Å². The molecule has 0 aliphatic rings. The molecule has 2 aromatic heterocycles. The zero-order valence-electron chi connectivity index (χ0n) is 13.8. The lowest BCUT2D eigenvalue weighted by atomic mass is 10.1. The van der Waals surface area contributed by atoms with Gasteiger partial charge in [-0.05, 0) is 48.5 Å². The highest BCUT2D eigenvalue weighted by Gasteiger charge is 2.33. The Kier molecular flexibility index (Phi) is 3.95. The molecule has 5 nitrogen and oxygen atoms in total. The molecule has 136 valence electrons. The van der Waals surface area contributed by atoms with Crippen molar-refractivity contribution in [2.75, 3.05) is 5.32 Å². The predicted octanol–water partition coefficient (Wildman–Crippen LogP) is 4.62. The van der Waals surface area contributed by atoms with Crippen LogP contribution in [0.15, 0.2) is 67.1 Å². The Morgan fingerprint density at radius 2 is 1.78 bits per heavy atom. The number of amides is 1. The lowest BCUT2D eigenvalue weighted by Gasteiger charge is -2.12. The summed E-state index contributed by atoms with van der Waals surface area (Å²) >= 11 is 0. The maximum Gasteiger partial charge on any atom is 0.417 e. The third-order valence-electron chi connectivity index (χ3n) is 4.15. The summed E-state index contributed by atoms with van der Waals surface area (Å²) in [5.74, 6) is -0.499. The van der Waals surface area contributed by atoms with Crippen molar-refractivity contribution in [2.24, 2.45) is 0 Å². The van der Waals surface area contributed by atoms with Crippen LogP contribution in [0.25, 0.3) is 16.6 Å². The van der Waals surface area contributed by atoms with E-state index in [4.69, 9.17) is 0 Å². The molecule has 4 rings (SSSR count). The molecule has 0 fully saturated rings. The fourth-order valence-electron chi connectivity index (χ4n) is 2.85. The van der Waals surface area contributed by atoms with E-state index >= 15 is 0 Å². The number of hydrogen-bond donors (Lipinski definition) is 2. The number of nitrogens with one attached hydrogen (secondary N) is 2. The molecule has 0 aliphatic carbocycles. The second-order valence-electron chi connectivity index (χ2n) is 5.94. The minimum absolute atomic E-state index is 0.0403. The van der Waals surface area contributed by atoms with Crippen molar-refractivity contribution < 1.29 is 18.0 Å². The summed E-state index contributed by atoms with van der Waals surface area (Å²) in [6.07, 6.45) is 0.297. The van der Waals surface area contributed by atoms with Gasteiger partial charge in [-0.25, -0.2) is 0 Å². The minimum Gasteiger partial charge on any atom is -0.324 e. The van der Waals surface area contributed by atoms with Crippen molar-refractivity contribution >= 4 is 22.5 Å². The third kappa shape index (κ3) is 3.29. The summed E-state index contributed by atoms with van der Waals surface area (Å²) in [7, 11) is 0. The van der Waals surface area contributed by atoms with Crippen LogP contribution in [0.5, 0.6) is 0 Å². The number of hydrogen-bond acceptors (Lipinski definition) is 2. The van der Waals surface area contributed by atoms with Crippen LogP contribution in [-0.4, -0.2) is 20.7 Å². The van der Waals surface area contributed by atoms with Crippen molar-refractivity contribution in [3.05, 3.63) is 78.2 Å². The first-order valence-corrected chi connectivity index (χ1v) is 8.01. The van der Waals surface area contributed by atoms with Crippen LogP contribution in [0.2, 0.25) is 0 Å². The SMILES string of the molecule is O=C(Nc1cc(C(F)(F)F)c2cn[nH]c2c1)c1ccc(-n2cccc2)cc1. The van der Waals surface area contributed by atoms with Gasteiger partial charge in [0.25, 0.3) is 5.91 Å². The molecule has 0 bridgehead atoms. The molecule has 8 heteroatoms. The van der Waals surface area contributed by atoms with Crippen molar-refractivity contribution in [3.8, 4) is 5.69 Å². The standard InChI is InChI=1S/C19H13F3N4O/c20-19(21,22)16-9-13(10-17-15(16)11-23-25-17)24-18(27)12-3-5-14(6-4-12)26-7-1-2-8-26/h1-11H,(H,23,25)(H,24,27). The quantitative estimate of drug-likeness (QED) is 0.553. The molecule has 0 radical (unpaired) electrons. The number of H-pyrrole nitrogens is 1. The number of benzene rings is 2. The van der Waals surface area contributed by atoms with Crippen LogP contribution < -0.4 is 5.32 Å². The lowest BCUT2D eigenvalue weighted by Crippen LogP contribution is -2.13. The normalized spacial score (nSPS) is 11.7. The van der Waals surface area contributed by atoms with E-state index in [0.717, 1.165) is 18.0 Å². The van der Waals surface area contributed by atoms with Crippen molar-refractivity contribution in [1.29, 1.82) is 0 Å². The lowest BCUT2D eigenvalue weighted by molar-refractivity contribution is -0.136. The van der Waals surface area contributed by atoms with Gasteiger partial charge in [0, 0.05) is 34.7 Å². The van der Waals surface area contributed by atoms with Gasteiger partial charge < -0.3 is 9.88 Å². The zero-order chi connectivity index (χ0) is 19.0. The van der Waals surface area contributed by atoms with Crippen LogP contribution >= 0.6 is 0 Å². The number of carbonyl (C=O) groups excluding carboxylic acids is 1. The van der Waals surface area contributed by atoms with Gasteiger partial charge >= 0.3 is 6.18 Å². The highest BCUT2D eigenvalue weighted by atomic mass is 19.4. The third-order valence-corrected chi connectivity index (χ3v) is 4.15. The molecule has 0 spiro atoms. The Morgan fingerprint density at radius 1 is 1.07 bits per heavy atom. The first-order valence-electron chi connectivity index (χ1n) is 8.01. The molecule has 2 aromatic carbocycles. The van der Waals surface area contributed by atoms with Gasteiger partial charge in [0.2, 0.25) is 0 Å². The van der Waals surface area contributed by atoms with Gasteiger partial charge in [-0.15, -0.1) is 0 Å². The molecule has 0 saturated carbocycles. The average molecular weight is 370 g/mol. The fourth-order valence-corrected chi connectivity index (χ4v) is 2.85. The van der Waals surface area contributed by atoms with Crippen molar-refractivity contribution in [3.63, 3.8) is 0 Å². The number of aromatic amines is 1. The van der Waals surface area contributed by atoms with Crippen LogP contribution in [0, 0.1) is 0 Å². The van der Waals surface area contributed by atoms with E-state index in [2.05, 4.69) is 15.5 Å². The van der Waals surface area contributed by atoms with E-state index in [0.29, 0.717) is 5.56 Å². The maximum atomic E-state index is 13.3. The Hall–Kier alpha value is -3.55. The van der Waals surface area contributed by atoms with E-state index in [-0.39, 0.29) is 16.6 Å². The highest BCUT2D eigenvalue weighted by molar-refractivity contribution is 6.05. The zero-order valence-corrected chi connectivity index (χ0v) is 13.8. The molecule has 4 aromatic rings. The van der Waals surface area contributed by atoms with Gasteiger partial charge in [-0.1, -0.05) is 0 Å². The molecule has 0 unspecified atom stereocenters. The Morgan fingerprint density at radius 3 is 2.44 bits per heavy atom. The molecule has 1 amide bonds. The molecule has 0 aliphatic heterocycles. The summed E-state index contributed by atoms with van der Waals surface area (Å²) in [6, 6.07) is 12.8. The second-order valence-corrected chi connectivity index (χ2v) is 5.94. The van der Waals surface area contributed by atoms with Gasteiger partial charge in [0.05, 0.1) is 17.3 Å². The maximum absolute atomic E-state index is 13.3. The summed E-state index contributed by atoms with van der Waals surface area (Å²) in [4.78, 5) is 12.4. The fraction of sp³-hybridized carbons (Fsp3) is 0.0526. The topological polar surface area (TPSA) is 62.7 Å². The van der Waals surface area contributed by atoms with E-state index in [1.807, 2.05) is 29.1 Å².